The van der Waals surface area contributed by atoms with Crippen LogP contribution in [0.4, 0.5) is 14.6 Å². The first kappa shape index (κ1) is 32.2. The topological polar surface area (TPSA) is 93.0 Å². The van der Waals surface area contributed by atoms with E-state index >= 15 is 4.39 Å². The molecule has 2 amide bonds. The van der Waals surface area contributed by atoms with Gasteiger partial charge in [-0.3, -0.25) is 14.3 Å². The molecule has 0 unspecified atom stereocenters. The number of methoxy groups -OCH3 is 1. The molecule has 3 aromatic heterocycles. The standard InChI is InChI=1S/C35H38F2N6O4S/c1-5-29(45)42-11-12-43-27(21(42)2)18-26(39-43)32-31(30-25(37)16-23(36)17-28(30)47-14-13-46-4)33-24(6-15-48-33)34(38-32)41-19-35(20-41)7-9-40(10-8-35)22(3)44/h5-6,15-18,21H,1,7-14,19-20H2,2-4H3/t21-/m1/s1. The van der Waals surface area contributed by atoms with E-state index < -0.39 is 11.6 Å². The van der Waals surface area contributed by atoms with Gasteiger partial charge in [0.05, 0.1) is 30.5 Å². The van der Waals surface area contributed by atoms with Crippen molar-refractivity contribution in [2.75, 3.05) is 57.9 Å². The van der Waals surface area contributed by atoms with E-state index in [-0.39, 0.29) is 47.8 Å². The Morgan fingerprint density at radius 2 is 1.88 bits per heavy atom. The molecule has 2 fully saturated rings. The molecule has 1 atom stereocenters. The smallest absolute Gasteiger partial charge is 0.246 e. The van der Waals surface area contributed by atoms with Crippen LogP contribution in [-0.4, -0.2) is 89.4 Å². The van der Waals surface area contributed by atoms with Gasteiger partial charge < -0.3 is 24.2 Å². The molecule has 0 saturated carbocycles. The van der Waals surface area contributed by atoms with Crippen molar-refractivity contribution in [3.8, 4) is 28.3 Å². The fourth-order valence-electron chi connectivity index (χ4n) is 7.37. The van der Waals surface area contributed by atoms with Crippen LogP contribution in [0.25, 0.3) is 32.6 Å². The third-order valence-corrected chi connectivity index (χ3v) is 10.9. The number of pyridine rings is 1. The van der Waals surface area contributed by atoms with E-state index in [1.165, 1.54) is 30.6 Å². The number of aromatic nitrogens is 3. The number of hydrogen-bond acceptors (Lipinski definition) is 8. The van der Waals surface area contributed by atoms with Crippen molar-refractivity contribution in [1.82, 2.24) is 24.6 Å². The van der Waals surface area contributed by atoms with E-state index in [1.54, 1.807) is 11.8 Å². The van der Waals surface area contributed by atoms with Crippen LogP contribution in [-0.2, 0) is 20.9 Å². The number of carbonyl (C=O) groups excluding carboxylic acids is 2. The van der Waals surface area contributed by atoms with Crippen molar-refractivity contribution in [3.63, 3.8) is 0 Å². The third kappa shape index (κ3) is 5.52. The Bertz CT molecular complexity index is 1910. The Hall–Kier alpha value is -4.36. The fraction of sp³-hybridized carbons (Fsp3) is 0.429. The molecule has 48 heavy (non-hydrogen) atoms. The lowest BCUT2D eigenvalue weighted by atomic mass is 9.72. The average molecular weight is 677 g/mol. The second-order valence-corrected chi connectivity index (χ2v) is 13.8. The lowest BCUT2D eigenvalue weighted by Crippen LogP contribution is -2.61. The monoisotopic (exact) mass is 676 g/mol. The minimum atomic E-state index is -0.770. The zero-order valence-corrected chi connectivity index (χ0v) is 28.1. The summed E-state index contributed by atoms with van der Waals surface area (Å²) < 4.78 is 44.5. The summed E-state index contributed by atoms with van der Waals surface area (Å²) >= 11 is 1.46. The van der Waals surface area contributed by atoms with Crippen LogP contribution in [0.3, 0.4) is 0 Å². The Morgan fingerprint density at radius 1 is 1.10 bits per heavy atom. The van der Waals surface area contributed by atoms with Gasteiger partial charge in [0, 0.05) is 80.0 Å². The molecular formula is C35H38F2N6O4S. The molecule has 2 saturated heterocycles. The van der Waals surface area contributed by atoms with E-state index in [9.17, 15) is 14.0 Å². The highest BCUT2D eigenvalue weighted by Crippen LogP contribution is 2.50. The molecule has 3 aliphatic rings. The maximum absolute atomic E-state index is 16.1. The molecule has 7 rings (SSSR count). The van der Waals surface area contributed by atoms with Crippen molar-refractivity contribution in [2.45, 2.75) is 39.3 Å². The molecule has 13 heteroatoms. The highest BCUT2D eigenvalue weighted by molar-refractivity contribution is 7.18. The van der Waals surface area contributed by atoms with Gasteiger partial charge in [-0.05, 0) is 43.4 Å². The zero-order chi connectivity index (χ0) is 33.7. The second kappa shape index (κ2) is 12.6. The lowest BCUT2D eigenvalue weighted by molar-refractivity contribution is -0.131. The van der Waals surface area contributed by atoms with Crippen molar-refractivity contribution in [3.05, 3.63) is 59.6 Å². The van der Waals surface area contributed by atoms with Crippen LogP contribution in [0.1, 0.15) is 38.4 Å². The predicted molar refractivity (Wildman–Crippen MR) is 180 cm³/mol. The van der Waals surface area contributed by atoms with Gasteiger partial charge in [0.15, 0.2) is 0 Å². The molecule has 1 aromatic carbocycles. The molecule has 0 N–H and O–H groups in total. The van der Waals surface area contributed by atoms with Crippen molar-refractivity contribution < 1.29 is 27.8 Å². The molecule has 4 aromatic rings. The van der Waals surface area contributed by atoms with E-state index in [1.807, 2.05) is 34.0 Å². The summed E-state index contributed by atoms with van der Waals surface area (Å²) in [7, 11) is 1.53. The Morgan fingerprint density at radius 3 is 2.58 bits per heavy atom. The molecule has 0 aliphatic carbocycles. The number of nitrogens with zero attached hydrogens (tertiary/aromatic N) is 6. The highest BCUT2D eigenvalue weighted by atomic mass is 32.1. The first-order valence-corrected chi connectivity index (χ1v) is 17.0. The van der Waals surface area contributed by atoms with Gasteiger partial charge >= 0.3 is 0 Å². The number of ether oxygens (including phenoxy) is 2. The van der Waals surface area contributed by atoms with Crippen LogP contribution >= 0.6 is 11.3 Å². The van der Waals surface area contributed by atoms with Gasteiger partial charge in [-0.1, -0.05) is 6.58 Å². The van der Waals surface area contributed by atoms with Crippen LogP contribution in [0, 0.1) is 17.0 Å². The molecule has 0 radical (unpaired) electrons. The Balaban J connectivity index is 1.37. The van der Waals surface area contributed by atoms with Gasteiger partial charge in [-0.15, -0.1) is 11.3 Å². The predicted octanol–water partition coefficient (Wildman–Crippen LogP) is 5.67. The molecule has 10 nitrogen and oxygen atoms in total. The van der Waals surface area contributed by atoms with Gasteiger partial charge in [-0.2, -0.15) is 5.10 Å². The molecule has 3 aliphatic heterocycles. The first-order chi connectivity index (χ1) is 23.1. The van der Waals surface area contributed by atoms with E-state index in [0.717, 1.165) is 66.7 Å². The summed E-state index contributed by atoms with van der Waals surface area (Å²) in [6.45, 7) is 11.6. The number of hydrogen-bond donors (Lipinski definition) is 0. The second-order valence-electron chi connectivity index (χ2n) is 12.9. The summed E-state index contributed by atoms with van der Waals surface area (Å²) in [5, 5.41) is 7.77. The Kier molecular flexibility index (Phi) is 8.44. The number of halogens is 2. The lowest BCUT2D eigenvalue weighted by Gasteiger charge is -2.54. The van der Waals surface area contributed by atoms with Crippen molar-refractivity contribution in [2.24, 2.45) is 5.41 Å². The highest BCUT2D eigenvalue weighted by Gasteiger charge is 2.46. The van der Waals surface area contributed by atoms with Gasteiger partial charge in [0.1, 0.15) is 41.2 Å². The number of anilines is 1. The average Bonchev–Trinajstić information content (AvgIpc) is 3.72. The number of thiophene rings is 1. The number of fused-ring (bicyclic) bond motifs is 2. The summed E-state index contributed by atoms with van der Waals surface area (Å²) in [6, 6.07) is 5.68. The Labute approximate surface area is 281 Å². The maximum atomic E-state index is 16.1. The summed E-state index contributed by atoms with van der Waals surface area (Å²) in [5.74, 6) is -0.752. The van der Waals surface area contributed by atoms with Crippen molar-refractivity contribution in [1.29, 1.82) is 0 Å². The number of carbonyl (C=O) groups is 2. The number of benzene rings is 1. The first-order valence-electron chi connectivity index (χ1n) is 16.2. The number of piperidine rings is 1. The minimum absolute atomic E-state index is 0.0512. The molecule has 0 bridgehead atoms. The van der Waals surface area contributed by atoms with Crippen LogP contribution in [0.2, 0.25) is 0 Å². The quantitative estimate of drug-likeness (QED) is 0.176. The largest absolute Gasteiger partial charge is 0.490 e. The summed E-state index contributed by atoms with van der Waals surface area (Å²) in [6.07, 6.45) is 3.16. The van der Waals surface area contributed by atoms with Gasteiger partial charge in [0.25, 0.3) is 0 Å². The molecule has 1 spiro atoms. The minimum Gasteiger partial charge on any atom is -0.490 e. The SMILES string of the molecule is C=CC(=O)N1CCn2nc(-c3nc(N4CC5(CCN(C(C)=O)CC5)C4)c4ccsc4c3-c3c(F)cc(F)cc3OCCOC)cc2[C@H]1C. The van der Waals surface area contributed by atoms with Gasteiger partial charge in [0.2, 0.25) is 11.8 Å². The normalized spacial score (nSPS) is 18.6. The van der Waals surface area contributed by atoms with Crippen LogP contribution in [0.5, 0.6) is 5.75 Å². The van der Waals surface area contributed by atoms with Gasteiger partial charge in [-0.25, -0.2) is 13.8 Å². The van der Waals surface area contributed by atoms with E-state index in [2.05, 4.69) is 11.5 Å². The molecule has 6 heterocycles. The fourth-order valence-corrected chi connectivity index (χ4v) is 8.31. The van der Waals surface area contributed by atoms with E-state index in [0.29, 0.717) is 30.0 Å². The number of likely N-dealkylation sites (tertiary alicyclic amines) is 1. The summed E-state index contributed by atoms with van der Waals surface area (Å²) in [5.41, 5.74) is 2.47. The zero-order valence-electron chi connectivity index (χ0n) is 27.3. The number of amides is 2. The third-order valence-electron chi connectivity index (χ3n) is 9.98. The van der Waals surface area contributed by atoms with E-state index in [4.69, 9.17) is 19.6 Å². The maximum Gasteiger partial charge on any atom is 0.246 e. The van der Waals surface area contributed by atoms with Crippen molar-refractivity contribution >= 4 is 39.1 Å². The molecule has 252 valence electrons. The summed E-state index contributed by atoms with van der Waals surface area (Å²) in [4.78, 5) is 35.7. The van der Waals surface area contributed by atoms with Crippen LogP contribution in [0.15, 0.2) is 42.3 Å². The van der Waals surface area contributed by atoms with Crippen LogP contribution < -0.4 is 9.64 Å². The number of rotatable bonds is 8. The molecular weight excluding hydrogens is 638 g/mol.